The Hall–Kier alpha value is -2.78. The molecule has 3 rings (SSSR count). The lowest BCUT2D eigenvalue weighted by Crippen LogP contribution is -2.38. The lowest BCUT2D eigenvalue weighted by atomic mass is 10.1. The van der Waals surface area contributed by atoms with E-state index in [0.29, 0.717) is 6.42 Å². The standard InChI is InChI=1S/C20H21FN2O5S/c1-13-10-14-6-4-5-7-18(14)23(13)19(24)12-28-20(25)16-11-15(8-9-17(16)21)29(26,27)22(2)3/h4-9,11,13H,10,12H2,1-3H3/t13-/m0/s1. The molecule has 1 atom stereocenters. The number of esters is 1. The average molecular weight is 420 g/mol. The normalized spacial score (nSPS) is 16.0. The summed E-state index contributed by atoms with van der Waals surface area (Å²) in [6.07, 6.45) is 0.689. The van der Waals surface area contributed by atoms with Crippen molar-refractivity contribution in [3.8, 4) is 0 Å². The van der Waals surface area contributed by atoms with Crippen molar-refractivity contribution in [1.29, 1.82) is 0 Å². The first-order valence-corrected chi connectivity index (χ1v) is 10.4. The second kappa shape index (κ2) is 7.92. The Morgan fingerprint density at radius 3 is 2.59 bits per heavy atom. The minimum atomic E-state index is -3.85. The van der Waals surface area contributed by atoms with E-state index in [4.69, 9.17) is 4.74 Å². The molecular formula is C20H21FN2O5S. The van der Waals surface area contributed by atoms with Gasteiger partial charge < -0.3 is 9.64 Å². The first kappa shape index (κ1) is 20.9. The highest BCUT2D eigenvalue weighted by atomic mass is 32.2. The molecule has 1 aliphatic heterocycles. The maximum Gasteiger partial charge on any atom is 0.341 e. The Morgan fingerprint density at radius 1 is 1.21 bits per heavy atom. The van der Waals surface area contributed by atoms with Gasteiger partial charge in [-0.15, -0.1) is 0 Å². The summed E-state index contributed by atoms with van der Waals surface area (Å²) < 4.78 is 44.4. The molecule has 0 saturated carbocycles. The Bertz CT molecular complexity index is 1070. The van der Waals surface area contributed by atoms with Crippen molar-refractivity contribution >= 4 is 27.6 Å². The highest BCUT2D eigenvalue weighted by Gasteiger charge is 2.31. The number of carbonyl (C=O) groups excluding carboxylic acids is 2. The maximum absolute atomic E-state index is 14.1. The first-order valence-electron chi connectivity index (χ1n) is 8.92. The molecule has 1 amide bonds. The molecule has 0 unspecified atom stereocenters. The Morgan fingerprint density at radius 2 is 1.90 bits per heavy atom. The fourth-order valence-corrected chi connectivity index (χ4v) is 4.18. The summed E-state index contributed by atoms with van der Waals surface area (Å²) in [5.41, 5.74) is 1.23. The van der Waals surface area contributed by atoms with E-state index in [1.54, 1.807) is 4.90 Å². The predicted octanol–water partition coefficient (Wildman–Crippen LogP) is 2.21. The van der Waals surface area contributed by atoms with Crippen LogP contribution in [0.15, 0.2) is 47.4 Å². The first-order chi connectivity index (χ1) is 13.6. The molecular weight excluding hydrogens is 399 g/mol. The third-order valence-electron chi connectivity index (χ3n) is 4.74. The molecule has 0 aromatic heterocycles. The molecule has 0 spiro atoms. The van der Waals surface area contributed by atoms with Gasteiger partial charge in [-0.3, -0.25) is 4.79 Å². The summed E-state index contributed by atoms with van der Waals surface area (Å²) in [4.78, 5) is 26.2. The van der Waals surface area contributed by atoms with Crippen LogP contribution >= 0.6 is 0 Å². The number of carbonyl (C=O) groups is 2. The highest BCUT2D eigenvalue weighted by molar-refractivity contribution is 7.89. The largest absolute Gasteiger partial charge is 0.452 e. The van der Waals surface area contributed by atoms with Crippen molar-refractivity contribution < 1.29 is 27.1 Å². The zero-order valence-electron chi connectivity index (χ0n) is 16.3. The van der Waals surface area contributed by atoms with Crippen molar-refractivity contribution in [2.75, 3.05) is 25.6 Å². The summed E-state index contributed by atoms with van der Waals surface area (Å²) in [6, 6.07) is 10.2. The van der Waals surface area contributed by atoms with E-state index < -0.39 is 39.9 Å². The molecule has 9 heteroatoms. The van der Waals surface area contributed by atoms with Crippen LogP contribution in [0.25, 0.3) is 0 Å². The van der Waals surface area contributed by atoms with Gasteiger partial charge in [0.05, 0.1) is 10.5 Å². The fraction of sp³-hybridized carbons (Fsp3) is 0.300. The number of anilines is 1. The fourth-order valence-electron chi connectivity index (χ4n) is 3.25. The minimum Gasteiger partial charge on any atom is -0.452 e. The Labute approximate surface area is 168 Å². The molecule has 0 saturated heterocycles. The van der Waals surface area contributed by atoms with E-state index in [2.05, 4.69) is 0 Å². The van der Waals surface area contributed by atoms with Gasteiger partial charge in [-0.25, -0.2) is 21.9 Å². The van der Waals surface area contributed by atoms with Crippen LogP contribution in [0.5, 0.6) is 0 Å². The van der Waals surface area contributed by atoms with E-state index in [1.165, 1.54) is 14.1 Å². The number of benzene rings is 2. The van der Waals surface area contributed by atoms with Crippen LogP contribution in [0.4, 0.5) is 10.1 Å². The molecule has 0 fully saturated rings. The number of hydrogen-bond acceptors (Lipinski definition) is 5. The SMILES string of the molecule is C[C@H]1Cc2ccccc2N1C(=O)COC(=O)c1cc(S(=O)(=O)N(C)C)ccc1F. The summed E-state index contributed by atoms with van der Waals surface area (Å²) in [7, 11) is -1.20. The molecule has 0 bridgehead atoms. The number of rotatable bonds is 5. The van der Waals surface area contributed by atoms with E-state index >= 15 is 0 Å². The number of halogens is 1. The van der Waals surface area contributed by atoms with Crippen LogP contribution in [0.2, 0.25) is 0 Å². The van der Waals surface area contributed by atoms with Crippen LogP contribution in [-0.2, 0) is 26.0 Å². The van der Waals surface area contributed by atoms with Crippen molar-refractivity contribution in [2.45, 2.75) is 24.3 Å². The smallest absolute Gasteiger partial charge is 0.341 e. The zero-order valence-corrected chi connectivity index (χ0v) is 17.1. The van der Waals surface area contributed by atoms with Gasteiger partial charge in [-0.2, -0.15) is 0 Å². The maximum atomic E-state index is 14.1. The zero-order chi connectivity index (χ0) is 21.3. The Kier molecular flexibility index (Phi) is 5.72. The number of sulfonamides is 1. The van der Waals surface area contributed by atoms with E-state index in [-0.39, 0.29) is 10.9 Å². The molecule has 0 aliphatic carbocycles. The quantitative estimate of drug-likeness (QED) is 0.693. The van der Waals surface area contributed by atoms with Gasteiger partial charge in [0, 0.05) is 25.8 Å². The number of hydrogen-bond donors (Lipinski definition) is 0. The van der Waals surface area contributed by atoms with Gasteiger partial charge >= 0.3 is 5.97 Å². The van der Waals surface area contributed by atoms with E-state index in [1.807, 2.05) is 31.2 Å². The van der Waals surface area contributed by atoms with E-state index in [0.717, 1.165) is 33.8 Å². The Balaban J connectivity index is 1.76. The van der Waals surface area contributed by atoms with Crippen molar-refractivity contribution in [2.24, 2.45) is 0 Å². The predicted molar refractivity (Wildman–Crippen MR) is 105 cm³/mol. The van der Waals surface area contributed by atoms with Crippen LogP contribution in [0.1, 0.15) is 22.8 Å². The monoisotopic (exact) mass is 420 g/mol. The molecule has 7 nitrogen and oxygen atoms in total. The molecule has 2 aromatic carbocycles. The molecule has 2 aromatic rings. The van der Waals surface area contributed by atoms with Crippen molar-refractivity contribution in [3.63, 3.8) is 0 Å². The molecule has 1 heterocycles. The van der Waals surface area contributed by atoms with Gasteiger partial charge in [0.1, 0.15) is 5.82 Å². The van der Waals surface area contributed by atoms with Crippen molar-refractivity contribution in [1.82, 2.24) is 4.31 Å². The topological polar surface area (TPSA) is 84.0 Å². The van der Waals surface area contributed by atoms with Gasteiger partial charge in [-0.1, -0.05) is 18.2 Å². The summed E-state index contributed by atoms with van der Waals surface area (Å²) >= 11 is 0. The van der Waals surface area contributed by atoms with Gasteiger partial charge in [0.2, 0.25) is 10.0 Å². The number of para-hydroxylation sites is 1. The molecule has 0 N–H and O–H groups in total. The summed E-state index contributed by atoms with van der Waals surface area (Å²) in [5.74, 6) is -2.47. The van der Waals surface area contributed by atoms with Crippen LogP contribution in [-0.4, -0.2) is 51.3 Å². The average Bonchev–Trinajstić information content (AvgIpc) is 3.01. The third-order valence-corrected chi connectivity index (χ3v) is 6.55. The number of fused-ring (bicyclic) bond motifs is 1. The molecule has 0 radical (unpaired) electrons. The number of ether oxygens (including phenoxy) is 1. The van der Waals surface area contributed by atoms with Crippen LogP contribution in [0, 0.1) is 5.82 Å². The summed E-state index contributed by atoms with van der Waals surface area (Å²) in [5, 5.41) is 0. The van der Waals surface area contributed by atoms with Crippen LogP contribution in [0.3, 0.4) is 0 Å². The van der Waals surface area contributed by atoms with Gasteiger partial charge in [-0.05, 0) is 43.2 Å². The van der Waals surface area contributed by atoms with Crippen molar-refractivity contribution in [3.05, 3.63) is 59.4 Å². The molecule has 29 heavy (non-hydrogen) atoms. The lowest BCUT2D eigenvalue weighted by Gasteiger charge is -2.22. The highest BCUT2D eigenvalue weighted by Crippen LogP contribution is 2.31. The minimum absolute atomic E-state index is 0.0936. The number of amides is 1. The molecule has 154 valence electrons. The van der Waals surface area contributed by atoms with Gasteiger partial charge in [0.25, 0.3) is 5.91 Å². The van der Waals surface area contributed by atoms with Crippen LogP contribution < -0.4 is 4.90 Å². The lowest BCUT2D eigenvalue weighted by molar-refractivity contribution is -0.122. The van der Waals surface area contributed by atoms with Gasteiger partial charge in [0.15, 0.2) is 6.61 Å². The second-order valence-electron chi connectivity index (χ2n) is 6.95. The number of nitrogens with zero attached hydrogens (tertiary/aromatic N) is 2. The summed E-state index contributed by atoms with van der Waals surface area (Å²) in [6.45, 7) is 1.30. The molecule has 1 aliphatic rings. The third kappa shape index (κ3) is 4.01. The second-order valence-corrected chi connectivity index (χ2v) is 9.10. The van der Waals surface area contributed by atoms with E-state index in [9.17, 15) is 22.4 Å².